The van der Waals surface area contributed by atoms with E-state index in [1.165, 1.54) is 18.9 Å². The number of carbonyl (C=O) groups is 1. The van der Waals surface area contributed by atoms with Crippen LogP contribution in [0, 0.1) is 0 Å². The fraction of sp³-hybridized carbons (Fsp3) is 0.500. The van der Waals surface area contributed by atoms with Crippen LogP contribution in [-0.4, -0.2) is 5.78 Å². The molecule has 0 aromatic heterocycles. The highest BCUT2D eigenvalue weighted by molar-refractivity contribution is 5.90. The highest BCUT2D eigenvalue weighted by Crippen LogP contribution is 1.96. The van der Waals surface area contributed by atoms with Gasteiger partial charge in [0.05, 0.1) is 0 Å². The first-order valence-corrected chi connectivity index (χ1v) is 4.11. The molecule has 0 radical (unpaired) electrons. The van der Waals surface area contributed by atoms with Gasteiger partial charge in [0, 0.05) is 6.42 Å². The first-order chi connectivity index (χ1) is 5.31. The van der Waals surface area contributed by atoms with Crippen molar-refractivity contribution in [3.8, 4) is 0 Å². The molecule has 0 aliphatic heterocycles. The zero-order valence-corrected chi connectivity index (χ0v) is 7.18. The summed E-state index contributed by atoms with van der Waals surface area (Å²) in [4.78, 5) is 10.7. The zero-order chi connectivity index (χ0) is 8.53. The fourth-order valence-electron chi connectivity index (χ4n) is 0.723. The number of rotatable bonds is 6. The minimum Gasteiger partial charge on any atom is -0.295 e. The molecule has 1 heteroatoms. The van der Waals surface area contributed by atoms with Gasteiger partial charge in [-0.15, -0.1) is 0 Å². The summed E-state index contributed by atoms with van der Waals surface area (Å²) in [6, 6.07) is 0. The number of carbonyl (C=O) groups excluding carboxylic acids is 1. The summed E-state index contributed by atoms with van der Waals surface area (Å²) in [5.74, 6) is 0.0951. The van der Waals surface area contributed by atoms with Gasteiger partial charge in [-0.1, -0.05) is 38.5 Å². The van der Waals surface area contributed by atoms with Crippen LogP contribution in [0.1, 0.15) is 32.6 Å². The maximum absolute atomic E-state index is 10.7. The molecule has 0 saturated carbocycles. The lowest BCUT2D eigenvalue weighted by Gasteiger charge is -1.87. The van der Waals surface area contributed by atoms with Crippen molar-refractivity contribution in [2.75, 3.05) is 0 Å². The molecule has 62 valence electrons. The molecule has 0 aliphatic rings. The van der Waals surface area contributed by atoms with Crippen molar-refractivity contribution in [2.24, 2.45) is 0 Å². The van der Waals surface area contributed by atoms with Crippen LogP contribution >= 0.6 is 0 Å². The second-order valence-electron chi connectivity index (χ2n) is 2.49. The van der Waals surface area contributed by atoms with Crippen molar-refractivity contribution in [1.29, 1.82) is 0 Å². The molecule has 0 saturated heterocycles. The Morgan fingerprint density at radius 1 is 1.45 bits per heavy atom. The van der Waals surface area contributed by atoms with Crippen molar-refractivity contribution in [3.63, 3.8) is 0 Å². The Labute approximate surface area is 68.8 Å². The summed E-state index contributed by atoms with van der Waals surface area (Å²) in [5.41, 5.74) is 0. The minimum atomic E-state index is 0.0951. The number of hydrogen-bond donors (Lipinski definition) is 0. The van der Waals surface area contributed by atoms with Crippen LogP contribution in [0.3, 0.4) is 0 Å². The molecule has 0 rings (SSSR count). The van der Waals surface area contributed by atoms with Crippen LogP contribution in [-0.2, 0) is 4.79 Å². The molecule has 0 unspecified atom stereocenters. The quantitative estimate of drug-likeness (QED) is 0.325. The topological polar surface area (TPSA) is 17.1 Å². The van der Waals surface area contributed by atoms with Crippen LogP contribution in [0.4, 0.5) is 0 Å². The van der Waals surface area contributed by atoms with Gasteiger partial charge in [-0.2, -0.15) is 0 Å². The lowest BCUT2D eigenvalue weighted by molar-refractivity contribution is -0.113. The number of unbranched alkanes of at least 4 members (excludes halogenated alkanes) is 2. The number of allylic oxidation sites excluding steroid dienone is 3. The number of ketones is 1. The van der Waals surface area contributed by atoms with E-state index in [9.17, 15) is 4.79 Å². The van der Waals surface area contributed by atoms with Crippen molar-refractivity contribution in [1.82, 2.24) is 0 Å². The highest BCUT2D eigenvalue weighted by atomic mass is 16.1. The predicted octanol–water partition coefficient (Wildman–Crippen LogP) is 2.88. The summed E-state index contributed by atoms with van der Waals surface area (Å²) in [7, 11) is 0. The van der Waals surface area contributed by atoms with Gasteiger partial charge in [0.25, 0.3) is 0 Å². The van der Waals surface area contributed by atoms with Crippen molar-refractivity contribution < 1.29 is 4.79 Å². The Morgan fingerprint density at radius 2 is 2.18 bits per heavy atom. The van der Waals surface area contributed by atoms with Crippen LogP contribution in [0.5, 0.6) is 0 Å². The lowest BCUT2D eigenvalue weighted by atomic mass is 10.2. The normalized spacial score (nSPS) is 10.3. The van der Waals surface area contributed by atoms with E-state index < -0.39 is 0 Å². The third-order valence-corrected chi connectivity index (χ3v) is 1.44. The Kier molecular flexibility index (Phi) is 6.70. The summed E-state index contributed by atoms with van der Waals surface area (Å²) >= 11 is 0. The maximum Gasteiger partial charge on any atom is 0.158 e. The minimum absolute atomic E-state index is 0.0951. The molecule has 0 bridgehead atoms. The van der Waals surface area contributed by atoms with Gasteiger partial charge in [0.1, 0.15) is 0 Å². The van der Waals surface area contributed by atoms with Gasteiger partial charge in [-0.25, -0.2) is 0 Å². The van der Waals surface area contributed by atoms with E-state index in [2.05, 4.69) is 19.6 Å². The van der Waals surface area contributed by atoms with Gasteiger partial charge in [0.15, 0.2) is 5.78 Å². The molecule has 0 atom stereocenters. The standard InChI is InChI=1S/C10H16O/c1-3-5-6-7-8-9-10(11)4-2/h4,7-8H,2-3,5-6,9H2,1H3/b8-7-. The summed E-state index contributed by atoms with van der Waals surface area (Å²) in [6.07, 6.45) is 9.35. The molecule has 0 fully saturated rings. The van der Waals surface area contributed by atoms with Crippen molar-refractivity contribution in [2.45, 2.75) is 32.6 Å². The molecule has 0 aromatic rings. The Balaban J connectivity index is 3.29. The van der Waals surface area contributed by atoms with Crippen LogP contribution in [0.25, 0.3) is 0 Å². The van der Waals surface area contributed by atoms with E-state index in [-0.39, 0.29) is 5.78 Å². The lowest BCUT2D eigenvalue weighted by Crippen LogP contribution is -1.86. The third-order valence-electron chi connectivity index (χ3n) is 1.44. The molecular weight excluding hydrogens is 136 g/mol. The average Bonchev–Trinajstić information content (AvgIpc) is 2.04. The molecule has 1 nitrogen and oxygen atoms in total. The van der Waals surface area contributed by atoms with Crippen LogP contribution in [0.2, 0.25) is 0 Å². The highest BCUT2D eigenvalue weighted by Gasteiger charge is 1.87. The van der Waals surface area contributed by atoms with E-state index in [1.807, 2.05) is 6.08 Å². The predicted molar refractivity (Wildman–Crippen MR) is 48.5 cm³/mol. The molecule has 0 N–H and O–H groups in total. The Bertz CT molecular complexity index is 145. The summed E-state index contributed by atoms with van der Waals surface area (Å²) in [5, 5.41) is 0. The number of hydrogen-bond acceptors (Lipinski definition) is 1. The van der Waals surface area contributed by atoms with E-state index in [4.69, 9.17) is 0 Å². The Hall–Kier alpha value is -0.850. The summed E-state index contributed by atoms with van der Waals surface area (Å²) < 4.78 is 0. The van der Waals surface area contributed by atoms with Gasteiger partial charge < -0.3 is 0 Å². The molecule has 0 amide bonds. The average molecular weight is 152 g/mol. The molecule has 0 heterocycles. The van der Waals surface area contributed by atoms with E-state index >= 15 is 0 Å². The van der Waals surface area contributed by atoms with Crippen molar-refractivity contribution >= 4 is 5.78 Å². The summed E-state index contributed by atoms with van der Waals surface area (Å²) in [6.45, 7) is 5.55. The van der Waals surface area contributed by atoms with Gasteiger partial charge >= 0.3 is 0 Å². The molecule has 11 heavy (non-hydrogen) atoms. The van der Waals surface area contributed by atoms with Crippen LogP contribution in [0.15, 0.2) is 24.8 Å². The molecule has 0 aromatic carbocycles. The first-order valence-electron chi connectivity index (χ1n) is 4.11. The monoisotopic (exact) mass is 152 g/mol. The van der Waals surface area contributed by atoms with Gasteiger partial charge in [-0.3, -0.25) is 4.79 Å². The second kappa shape index (κ2) is 7.26. The second-order valence-corrected chi connectivity index (χ2v) is 2.49. The molecular formula is C10H16O. The van der Waals surface area contributed by atoms with E-state index in [1.54, 1.807) is 0 Å². The molecule has 0 spiro atoms. The van der Waals surface area contributed by atoms with E-state index in [0.717, 1.165) is 6.42 Å². The van der Waals surface area contributed by atoms with Crippen LogP contribution < -0.4 is 0 Å². The van der Waals surface area contributed by atoms with Gasteiger partial charge in [-0.05, 0) is 12.5 Å². The van der Waals surface area contributed by atoms with Gasteiger partial charge in [0.2, 0.25) is 0 Å². The van der Waals surface area contributed by atoms with Crippen molar-refractivity contribution in [3.05, 3.63) is 24.8 Å². The largest absolute Gasteiger partial charge is 0.295 e. The first kappa shape index (κ1) is 10.2. The fourth-order valence-corrected chi connectivity index (χ4v) is 0.723. The molecule has 0 aliphatic carbocycles. The SMILES string of the molecule is C=CC(=O)C/C=C\CCCC. The Morgan fingerprint density at radius 3 is 2.73 bits per heavy atom. The maximum atomic E-state index is 10.7. The third kappa shape index (κ3) is 7.04. The van der Waals surface area contributed by atoms with E-state index in [0.29, 0.717) is 6.42 Å². The smallest absolute Gasteiger partial charge is 0.158 e. The zero-order valence-electron chi connectivity index (χ0n) is 7.18.